The van der Waals surface area contributed by atoms with Gasteiger partial charge in [-0.2, -0.15) is 13.2 Å². The molecule has 39 heavy (non-hydrogen) atoms. The molecule has 1 saturated carbocycles. The molecule has 2 aromatic carbocycles. The smallest absolute Gasteiger partial charge is 0.322 e. The molecule has 0 aliphatic heterocycles. The summed E-state index contributed by atoms with van der Waals surface area (Å²) in [5.74, 6) is 5.52. The van der Waals surface area contributed by atoms with E-state index in [0.717, 1.165) is 30.5 Å². The first-order valence-corrected chi connectivity index (χ1v) is 11.8. The highest BCUT2D eigenvalue weighted by atomic mass is 19.4. The van der Waals surface area contributed by atoms with E-state index < -0.39 is 17.6 Å². The van der Waals surface area contributed by atoms with Crippen LogP contribution in [0, 0.1) is 24.7 Å². The lowest BCUT2D eigenvalue weighted by Crippen LogP contribution is -2.14. The zero-order valence-corrected chi connectivity index (χ0v) is 20.5. The van der Waals surface area contributed by atoms with E-state index in [1.807, 2.05) is 6.92 Å². The highest BCUT2D eigenvalue weighted by molar-refractivity contribution is 6.04. The summed E-state index contributed by atoms with van der Waals surface area (Å²) in [5.41, 5.74) is 0.966. The summed E-state index contributed by atoms with van der Waals surface area (Å²) in [4.78, 5) is 33.1. The Morgan fingerprint density at radius 3 is 2.51 bits per heavy atom. The molecule has 12 heteroatoms. The molecule has 2 amide bonds. The predicted octanol–water partition coefficient (Wildman–Crippen LogP) is 4.39. The third-order valence-electron chi connectivity index (χ3n) is 5.87. The van der Waals surface area contributed by atoms with Gasteiger partial charge < -0.3 is 10.6 Å². The Labute approximate surface area is 220 Å². The van der Waals surface area contributed by atoms with Gasteiger partial charge in [-0.1, -0.05) is 17.2 Å². The third kappa shape index (κ3) is 6.27. The van der Waals surface area contributed by atoms with Crippen molar-refractivity contribution in [2.45, 2.75) is 25.9 Å². The van der Waals surface area contributed by atoms with Gasteiger partial charge in [0.15, 0.2) is 5.82 Å². The molecular formula is C27H20F3N7O2. The maximum Gasteiger partial charge on any atom is 0.416 e. The van der Waals surface area contributed by atoms with Crippen molar-refractivity contribution in [2.24, 2.45) is 5.92 Å². The van der Waals surface area contributed by atoms with Gasteiger partial charge in [-0.15, -0.1) is 5.10 Å². The molecule has 196 valence electrons. The van der Waals surface area contributed by atoms with E-state index in [4.69, 9.17) is 0 Å². The first kappa shape index (κ1) is 25.6. The fourth-order valence-electron chi connectivity index (χ4n) is 3.59. The number of aromatic nitrogens is 5. The van der Waals surface area contributed by atoms with Crippen LogP contribution in [0.5, 0.6) is 0 Å². The number of carbonyl (C=O) groups is 2. The van der Waals surface area contributed by atoms with E-state index in [2.05, 4.69) is 42.8 Å². The Hall–Kier alpha value is -5.05. The van der Waals surface area contributed by atoms with Gasteiger partial charge in [-0.25, -0.2) is 14.6 Å². The summed E-state index contributed by atoms with van der Waals surface area (Å²) in [6.45, 7) is 1.81. The van der Waals surface area contributed by atoms with Crippen LogP contribution in [0.3, 0.4) is 0 Å². The number of amides is 2. The first-order chi connectivity index (χ1) is 18.7. The predicted molar refractivity (Wildman–Crippen MR) is 135 cm³/mol. The molecule has 0 unspecified atom stereocenters. The summed E-state index contributed by atoms with van der Waals surface area (Å²) in [6, 6.07) is 7.92. The molecule has 4 aromatic rings. The second-order valence-electron chi connectivity index (χ2n) is 8.90. The van der Waals surface area contributed by atoms with Crippen LogP contribution in [-0.2, 0) is 11.0 Å². The summed E-state index contributed by atoms with van der Waals surface area (Å²) in [7, 11) is 0. The zero-order valence-electron chi connectivity index (χ0n) is 20.5. The minimum atomic E-state index is -4.63. The fourth-order valence-corrected chi connectivity index (χ4v) is 3.59. The van der Waals surface area contributed by atoms with Crippen molar-refractivity contribution in [1.29, 1.82) is 0 Å². The van der Waals surface area contributed by atoms with Crippen LogP contribution in [0.15, 0.2) is 61.2 Å². The van der Waals surface area contributed by atoms with Crippen LogP contribution >= 0.6 is 0 Å². The van der Waals surface area contributed by atoms with E-state index in [0.29, 0.717) is 17.1 Å². The number of alkyl halides is 3. The summed E-state index contributed by atoms with van der Waals surface area (Å²) in [5, 5.41) is 12.6. The molecule has 1 aliphatic carbocycles. The number of nitrogens with one attached hydrogen (secondary N) is 2. The second-order valence-corrected chi connectivity index (χ2v) is 8.90. The average Bonchev–Trinajstić information content (AvgIpc) is 3.62. The number of hydrogen-bond donors (Lipinski definition) is 2. The third-order valence-corrected chi connectivity index (χ3v) is 5.87. The molecule has 5 rings (SSSR count). The number of benzene rings is 2. The number of hydrogen-bond acceptors (Lipinski definition) is 6. The highest BCUT2D eigenvalue weighted by Crippen LogP contribution is 2.33. The number of aryl methyl sites for hydroxylation is 1. The van der Waals surface area contributed by atoms with E-state index in [1.54, 1.807) is 18.2 Å². The van der Waals surface area contributed by atoms with Crippen molar-refractivity contribution in [3.05, 3.63) is 89.1 Å². The largest absolute Gasteiger partial charge is 0.416 e. The molecule has 9 nitrogen and oxygen atoms in total. The van der Waals surface area contributed by atoms with E-state index >= 15 is 0 Å². The minimum Gasteiger partial charge on any atom is -0.322 e. The van der Waals surface area contributed by atoms with Crippen LogP contribution < -0.4 is 10.6 Å². The molecule has 2 heterocycles. The van der Waals surface area contributed by atoms with Gasteiger partial charge >= 0.3 is 6.18 Å². The lowest BCUT2D eigenvalue weighted by atomic mass is 10.0. The monoisotopic (exact) mass is 531 g/mol. The maximum absolute atomic E-state index is 13.5. The number of carbonyl (C=O) groups excluding carboxylic acids is 2. The van der Waals surface area contributed by atoms with Gasteiger partial charge in [0.25, 0.3) is 5.91 Å². The Morgan fingerprint density at radius 1 is 1.03 bits per heavy atom. The minimum absolute atomic E-state index is 0.0445. The SMILES string of the molecule is Cc1ccc(C(=O)Nc2cc(-n3ccnn3)cc(C(F)(F)F)c2)cc1C#Cc1cnc(NC(=O)C2CC2)cn1. The van der Waals surface area contributed by atoms with Crippen molar-refractivity contribution >= 4 is 23.3 Å². The standard InChI is InChI=1S/C27H20F3N7O2/c1-16-2-3-19(10-18(16)6-7-21-14-32-24(15-31-21)35-25(38)17-4-5-17)26(39)34-22-11-20(27(28,29)30)12-23(13-22)37-9-8-33-36-37/h2-3,8-15,17H,4-5H2,1H3,(H,34,39)(H,32,35,38). The fraction of sp³-hybridized carbons (Fsp3) is 0.185. The lowest BCUT2D eigenvalue weighted by Gasteiger charge is -2.13. The molecule has 2 N–H and O–H groups in total. The number of rotatable bonds is 5. The zero-order chi connectivity index (χ0) is 27.6. The van der Waals surface area contributed by atoms with Crippen LogP contribution in [0.1, 0.15) is 45.6 Å². The lowest BCUT2D eigenvalue weighted by molar-refractivity contribution is -0.137. The van der Waals surface area contributed by atoms with Crippen LogP contribution in [0.4, 0.5) is 24.7 Å². The van der Waals surface area contributed by atoms with Crippen LogP contribution in [0.25, 0.3) is 5.69 Å². The normalized spacial score (nSPS) is 12.8. The van der Waals surface area contributed by atoms with Gasteiger partial charge in [0.2, 0.25) is 5.91 Å². The Kier molecular flexibility index (Phi) is 6.81. The van der Waals surface area contributed by atoms with E-state index in [1.165, 1.54) is 35.5 Å². The van der Waals surface area contributed by atoms with E-state index in [9.17, 15) is 22.8 Å². The van der Waals surface area contributed by atoms with Crippen molar-refractivity contribution in [3.63, 3.8) is 0 Å². The summed E-state index contributed by atoms with van der Waals surface area (Å²) >= 11 is 0. The summed E-state index contributed by atoms with van der Waals surface area (Å²) in [6.07, 6.45) is 2.71. The summed E-state index contributed by atoms with van der Waals surface area (Å²) < 4.78 is 41.6. The van der Waals surface area contributed by atoms with E-state index in [-0.39, 0.29) is 28.8 Å². The Balaban J connectivity index is 1.34. The molecule has 1 aliphatic rings. The van der Waals surface area contributed by atoms with Gasteiger partial charge in [-0.3, -0.25) is 9.59 Å². The first-order valence-electron chi connectivity index (χ1n) is 11.8. The topological polar surface area (TPSA) is 115 Å². The molecule has 0 bridgehead atoms. The van der Waals surface area contributed by atoms with Crippen molar-refractivity contribution in [2.75, 3.05) is 10.6 Å². The van der Waals surface area contributed by atoms with Crippen LogP contribution in [0.2, 0.25) is 0 Å². The number of halogens is 3. The molecule has 0 radical (unpaired) electrons. The quantitative estimate of drug-likeness (QED) is 0.370. The molecule has 0 atom stereocenters. The Bertz CT molecular complexity index is 1600. The van der Waals surface area contributed by atoms with Gasteiger partial charge in [0.1, 0.15) is 5.69 Å². The van der Waals surface area contributed by atoms with Gasteiger partial charge in [-0.05, 0) is 61.6 Å². The van der Waals surface area contributed by atoms with Gasteiger partial charge in [0.05, 0.1) is 36.0 Å². The highest BCUT2D eigenvalue weighted by Gasteiger charge is 2.32. The second kappa shape index (κ2) is 10.4. The van der Waals surface area contributed by atoms with Crippen molar-refractivity contribution < 1.29 is 22.8 Å². The molecule has 2 aromatic heterocycles. The Morgan fingerprint density at radius 2 is 1.85 bits per heavy atom. The van der Waals surface area contributed by atoms with Crippen LogP contribution in [-0.4, -0.2) is 36.8 Å². The van der Waals surface area contributed by atoms with Crippen molar-refractivity contribution in [3.8, 4) is 17.5 Å². The van der Waals surface area contributed by atoms with Crippen molar-refractivity contribution in [1.82, 2.24) is 25.0 Å². The van der Waals surface area contributed by atoms with Gasteiger partial charge in [0, 0.05) is 22.7 Å². The molecule has 0 saturated heterocycles. The molecular weight excluding hydrogens is 511 g/mol. The molecule has 0 spiro atoms. The maximum atomic E-state index is 13.5. The molecule has 1 fully saturated rings. The number of nitrogens with zero attached hydrogens (tertiary/aromatic N) is 5. The number of anilines is 2. The average molecular weight is 531 g/mol.